The van der Waals surface area contributed by atoms with Crippen LogP contribution < -0.4 is 5.32 Å². The molecule has 3 aromatic heterocycles. The first-order valence-corrected chi connectivity index (χ1v) is 8.88. The third-order valence-corrected chi connectivity index (χ3v) is 4.78. The van der Waals surface area contributed by atoms with Crippen molar-refractivity contribution in [3.8, 4) is 10.6 Å². The second kappa shape index (κ2) is 6.90. The Morgan fingerprint density at radius 3 is 3.04 bits per heavy atom. The van der Waals surface area contributed by atoms with E-state index in [1.165, 1.54) is 0 Å². The van der Waals surface area contributed by atoms with Crippen molar-refractivity contribution in [2.75, 3.05) is 6.54 Å². The summed E-state index contributed by atoms with van der Waals surface area (Å²) in [6.07, 6.45) is 2.64. The van der Waals surface area contributed by atoms with Crippen molar-refractivity contribution in [3.05, 3.63) is 59.9 Å². The maximum Gasteiger partial charge on any atom is 0.273 e. The normalized spacial score (nSPS) is 11.0. The molecular formula is C18H16N4O2S. The molecular weight excluding hydrogens is 336 g/mol. The van der Waals surface area contributed by atoms with Crippen LogP contribution in [0.4, 0.5) is 0 Å². The minimum absolute atomic E-state index is 0.220. The topological polar surface area (TPSA) is 73.0 Å². The summed E-state index contributed by atoms with van der Waals surface area (Å²) < 4.78 is 7.32. The number of carbonyl (C=O) groups excluding carboxylic acids is 1. The van der Waals surface area contributed by atoms with Gasteiger partial charge in [-0.1, -0.05) is 23.4 Å². The summed E-state index contributed by atoms with van der Waals surface area (Å²) in [5.41, 5.74) is 2.39. The Kier molecular flexibility index (Phi) is 4.30. The number of thiophene rings is 1. The number of aromatic nitrogens is 3. The number of rotatable bonds is 6. The molecule has 4 rings (SSSR count). The van der Waals surface area contributed by atoms with E-state index in [-0.39, 0.29) is 5.91 Å². The van der Waals surface area contributed by atoms with Gasteiger partial charge < -0.3 is 14.4 Å². The average Bonchev–Trinajstić information content (AvgIpc) is 3.38. The predicted molar refractivity (Wildman–Crippen MR) is 96.5 cm³/mol. The Morgan fingerprint density at radius 2 is 2.16 bits per heavy atom. The van der Waals surface area contributed by atoms with Crippen molar-refractivity contribution in [2.24, 2.45) is 0 Å². The number of imidazole rings is 1. The highest BCUT2D eigenvalue weighted by molar-refractivity contribution is 7.13. The fourth-order valence-corrected chi connectivity index (χ4v) is 3.32. The monoisotopic (exact) mass is 352 g/mol. The third-order valence-electron chi connectivity index (χ3n) is 3.90. The first kappa shape index (κ1) is 15.6. The Hall–Kier alpha value is -2.93. The van der Waals surface area contributed by atoms with Gasteiger partial charge in [-0.3, -0.25) is 4.79 Å². The van der Waals surface area contributed by atoms with E-state index in [4.69, 9.17) is 4.52 Å². The van der Waals surface area contributed by atoms with Crippen LogP contribution in [0.15, 0.2) is 58.7 Å². The molecule has 1 amide bonds. The van der Waals surface area contributed by atoms with Crippen LogP contribution in [-0.2, 0) is 6.54 Å². The molecule has 1 N–H and O–H groups in total. The van der Waals surface area contributed by atoms with Crippen molar-refractivity contribution >= 4 is 28.3 Å². The zero-order chi connectivity index (χ0) is 17.1. The second-order valence-electron chi connectivity index (χ2n) is 5.59. The van der Waals surface area contributed by atoms with Crippen molar-refractivity contribution in [2.45, 2.75) is 13.0 Å². The number of fused-ring (bicyclic) bond motifs is 1. The molecule has 0 saturated carbocycles. The van der Waals surface area contributed by atoms with Crippen LogP contribution in [0.25, 0.3) is 21.7 Å². The highest BCUT2D eigenvalue weighted by Gasteiger charge is 2.13. The Morgan fingerprint density at radius 1 is 1.24 bits per heavy atom. The maximum absolute atomic E-state index is 12.2. The van der Waals surface area contributed by atoms with Gasteiger partial charge in [0.1, 0.15) is 0 Å². The minimum Gasteiger partial charge on any atom is -0.355 e. The molecule has 1 aromatic carbocycles. The van der Waals surface area contributed by atoms with Crippen molar-refractivity contribution in [3.63, 3.8) is 0 Å². The van der Waals surface area contributed by atoms with Gasteiger partial charge in [-0.25, -0.2) is 4.98 Å². The SMILES string of the molecule is O=C(NCCCn1cnc2ccccc21)c1cc(-c2cccs2)on1. The minimum atomic E-state index is -0.220. The number of aryl methyl sites for hydroxylation is 1. The smallest absolute Gasteiger partial charge is 0.273 e. The summed E-state index contributed by atoms with van der Waals surface area (Å²) in [7, 11) is 0. The van der Waals surface area contributed by atoms with E-state index in [1.807, 2.05) is 48.1 Å². The van der Waals surface area contributed by atoms with Gasteiger partial charge in [0.25, 0.3) is 5.91 Å². The first-order chi connectivity index (χ1) is 12.3. The summed E-state index contributed by atoms with van der Waals surface area (Å²) >= 11 is 1.55. The van der Waals surface area contributed by atoms with Gasteiger partial charge >= 0.3 is 0 Å². The predicted octanol–water partition coefficient (Wildman–Crippen LogP) is 3.57. The van der Waals surface area contributed by atoms with Crippen LogP contribution in [-0.4, -0.2) is 27.2 Å². The van der Waals surface area contributed by atoms with Crippen LogP contribution in [0.3, 0.4) is 0 Å². The van der Waals surface area contributed by atoms with Gasteiger partial charge in [-0.15, -0.1) is 11.3 Å². The van der Waals surface area contributed by atoms with E-state index in [2.05, 4.69) is 20.0 Å². The molecule has 0 radical (unpaired) electrons. The number of benzene rings is 1. The lowest BCUT2D eigenvalue weighted by molar-refractivity contribution is 0.0944. The lowest BCUT2D eigenvalue weighted by Crippen LogP contribution is -2.25. The van der Waals surface area contributed by atoms with Crippen LogP contribution in [0.5, 0.6) is 0 Å². The van der Waals surface area contributed by atoms with Crippen molar-refractivity contribution < 1.29 is 9.32 Å². The largest absolute Gasteiger partial charge is 0.355 e. The van der Waals surface area contributed by atoms with Crippen LogP contribution in [0.1, 0.15) is 16.9 Å². The van der Waals surface area contributed by atoms with Crippen LogP contribution >= 0.6 is 11.3 Å². The van der Waals surface area contributed by atoms with Gasteiger partial charge in [0.15, 0.2) is 11.5 Å². The summed E-state index contributed by atoms with van der Waals surface area (Å²) in [5, 5.41) is 8.68. The highest BCUT2D eigenvalue weighted by Crippen LogP contribution is 2.25. The molecule has 25 heavy (non-hydrogen) atoms. The molecule has 4 aromatic rings. The molecule has 3 heterocycles. The summed E-state index contributed by atoms with van der Waals surface area (Å²) in [6, 6.07) is 13.5. The number of para-hydroxylation sites is 2. The van der Waals surface area contributed by atoms with Gasteiger partial charge in [-0.05, 0) is 30.0 Å². The number of nitrogens with zero attached hydrogens (tertiary/aromatic N) is 3. The first-order valence-electron chi connectivity index (χ1n) is 8.00. The van der Waals surface area contributed by atoms with E-state index >= 15 is 0 Å². The van der Waals surface area contributed by atoms with E-state index in [1.54, 1.807) is 17.4 Å². The second-order valence-corrected chi connectivity index (χ2v) is 6.54. The Balaban J connectivity index is 1.30. The van der Waals surface area contributed by atoms with Gasteiger partial charge in [0.2, 0.25) is 0 Å². The van der Waals surface area contributed by atoms with Gasteiger partial charge in [0, 0.05) is 19.2 Å². The van der Waals surface area contributed by atoms with Gasteiger partial charge in [-0.2, -0.15) is 0 Å². The van der Waals surface area contributed by atoms with E-state index in [0.29, 0.717) is 18.0 Å². The summed E-state index contributed by atoms with van der Waals surface area (Å²) in [4.78, 5) is 17.5. The standard InChI is InChI=1S/C18H16N4O2S/c23-18(14-11-16(24-21-14)17-7-3-10-25-17)19-8-4-9-22-12-20-13-5-1-2-6-15(13)22/h1-3,5-7,10-12H,4,8-9H2,(H,19,23). The summed E-state index contributed by atoms with van der Waals surface area (Å²) in [6.45, 7) is 1.35. The van der Waals surface area contributed by atoms with Crippen molar-refractivity contribution in [1.82, 2.24) is 20.0 Å². The number of hydrogen-bond donors (Lipinski definition) is 1. The van der Waals surface area contributed by atoms with E-state index in [9.17, 15) is 4.79 Å². The number of hydrogen-bond acceptors (Lipinski definition) is 5. The molecule has 0 fully saturated rings. The molecule has 0 unspecified atom stereocenters. The molecule has 126 valence electrons. The third kappa shape index (κ3) is 3.32. The van der Waals surface area contributed by atoms with Gasteiger partial charge in [0.05, 0.1) is 22.2 Å². The fourth-order valence-electron chi connectivity index (χ4n) is 2.65. The molecule has 0 spiro atoms. The summed E-state index contributed by atoms with van der Waals surface area (Å²) in [5.74, 6) is 0.395. The number of carbonyl (C=O) groups is 1. The van der Waals surface area contributed by atoms with E-state index < -0.39 is 0 Å². The molecule has 0 bridgehead atoms. The molecule has 7 heteroatoms. The molecule has 0 aliphatic heterocycles. The quantitative estimate of drug-likeness (QED) is 0.538. The van der Waals surface area contributed by atoms with Crippen molar-refractivity contribution in [1.29, 1.82) is 0 Å². The zero-order valence-corrected chi connectivity index (χ0v) is 14.2. The molecule has 0 saturated heterocycles. The lowest BCUT2D eigenvalue weighted by Gasteiger charge is -2.05. The Labute approximate surface area is 148 Å². The molecule has 0 atom stereocenters. The maximum atomic E-state index is 12.2. The number of amides is 1. The number of nitrogens with one attached hydrogen (secondary N) is 1. The average molecular weight is 352 g/mol. The molecule has 6 nitrogen and oxygen atoms in total. The fraction of sp³-hybridized carbons (Fsp3) is 0.167. The highest BCUT2D eigenvalue weighted by atomic mass is 32.1. The molecule has 0 aliphatic rings. The molecule has 0 aliphatic carbocycles. The zero-order valence-electron chi connectivity index (χ0n) is 13.4. The van der Waals surface area contributed by atoms with Crippen LogP contribution in [0.2, 0.25) is 0 Å². The Bertz CT molecular complexity index is 988. The van der Waals surface area contributed by atoms with E-state index in [0.717, 1.165) is 28.9 Å². The van der Waals surface area contributed by atoms with Crippen LogP contribution in [0, 0.1) is 0 Å². The lowest BCUT2D eigenvalue weighted by atomic mass is 10.3.